The monoisotopic (exact) mass is 426 g/mol. The van der Waals surface area contributed by atoms with E-state index in [1.54, 1.807) is 23.4 Å². The van der Waals surface area contributed by atoms with Crippen LogP contribution in [0.25, 0.3) is 22.4 Å². The van der Waals surface area contributed by atoms with Gasteiger partial charge >= 0.3 is 0 Å². The number of nitrogens with one attached hydrogen (secondary N) is 1. The molecule has 1 fully saturated rings. The summed E-state index contributed by atoms with van der Waals surface area (Å²) in [6.07, 6.45) is 7.14. The molecule has 6 rings (SSSR count). The number of piperazine rings is 1. The molecule has 5 aromatic rings. The van der Waals surface area contributed by atoms with E-state index < -0.39 is 0 Å². The van der Waals surface area contributed by atoms with Crippen LogP contribution in [0.15, 0.2) is 61.3 Å². The highest BCUT2D eigenvalue weighted by molar-refractivity contribution is 5.77. The van der Waals surface area contributed by atoms with Crippen molar-refractivity contribution in [1.29, 1.82) is 0 Å². The number of hydrogen-bond acceptors (Lipinski definition) is 8. The van der Waals surface area contributed by atoms with Crippen molar-refractivity contribution in [1.82, 2.24) is 39.2 Å². The zero-order valence-electron chi connectivity index (χ0n) is 17.6. The largest absolute Gasteiger partial charge is 0.369 e. The molecule has 4 aromatic heterocycles. The van der Waals surface area contributed by atoms with Crippen molar-refractivity contribution in [3.63, 3.8) is 0 Å². The lowest BCUT2D eigenvalue weighted by atomic mass is 10.2. The van der Waals surface area contributed by atoms with Crippen LogP contribution in [-0.4, -0.2) is 72.5 Å². The molecule has 0 aliphatic carbocycles. The number of hydrogen-bond donors (Lipinski definition) is 1. The van der Waals surface area contributed by atoms with Crippen LogP contribution in [0, 0.1) is 0 Å². The van der Waals surface area contributed by atoms with Crippen molar-refractivity contribution in [2.24, 2.45) is 0 Å². The number of benzene rings is 1. The van der Waals surface area contributed by atoms with E-state index in [0.717, 1.165) is 54.2 Å². The van der Waals surface area contributed by atoms with Gasteiger partial charge in [-0.15, -0.1) is 10.2 Å². The molecular weight excluding hydrogens is 404 g/mol. The van der Waals surface area contributed by atoms with Crippen LogP contribution in [0.1, 0.15) is 0 Å². The van der Waals surface area contributed by atoms with Gasteiger partial charge in [-0.1, -0.05) is 0 Å². The summed E-state index contributed by atoms with van der Waals surface area (Å²) in [7, 11) is 2.17. The number of fused-ring (bicyclic) bond motifs is 2. The van der Waals surface area contributed by atoms with E-state index in [2.05, 4.69) is 66.7 Å². The van der Waals surface area contributed by atoms with E-state index in [1.807, 2.05) is 22.7 Å². The van der Waals surface area contributed by atoms with Gasteiger partial charge in [0.25, 0.3) is 0 Å². The molecule has 1 N–H and O–H groups in total. The minimum atomic E-state index is 0.525. The van der Waals surface area contributed by atoms with Crippen LogP contribution in [-0.2, 0) is 0 Å². The maximum atomic E-state index is 4.72. The minimum Gasteiger partial charge on any atom is -0.369 e. The standard InChI is InChI=1S/C22H22N10/c1-29-8-10-30(11-9-29)18-4-2-17(3-5-18)26-22-23-12-16-13-25-32(21(16)27-22)19-6-7-20-28-24-15-31(20)14-19/h2-7,12-15H,8-11H2,1H3,(H,23,26,27). The second-order valence-electron chi connectivity index (χ2n) is 7.97. The zero-order valence-corrected chi connectivity index (χ0v) is 17.6. The molecule has 0 radical (unpaired) electrons. The molecule has 160 valence electrons. The van der Waals surface area contributed by atoms with Crippen molar-refractivity contribution in [3.8, 4) is 5.69 Å². The Kier molecular flexibility index (Phi) is 4.43. The van der Waals surface area contributed by atoms with Crippen LogP contribution >= 0.6 is 0 Å². The zero-order chi connectivity index (χ0) is 21.5. The molecule has 10 nitrogen and oxygen atoms in total. The summed E-state index contributed by atoms with van der Waals surface area (Å²) in [5.74, 6) is 0.525. The maximum Gasteiger partial charge on any atom is 0.229 e. The van der Waals surface area contributed by atoms with E-state index in [1.165, 1.54) is 5.69 Å². The van der Waals surface area contributed by atoms with Gasteiger partial charge < -0.3 is 15.1 Å². The number of likely N-dealkylation sites (N-methyl/N-ethyl adjacent to an activating group) is 1. The van der Waals surface area contributed by atoms with Gasteiger partial charge in [0.05, 0.1) is 17.3 Å². The van der Waals surface area contributed by atoms with Gasteiger partial charge in [-0.2, -0.15) is 10.1 Å². The summed E-state index contributed by atoms with van der Waals surface area (Å²) in [6, 6.07) is 12.3. The van der Waals surface area contributed by atoms with Crippen molar-refractivity contribution < 1.29 is 0 Å². The average molecular weight is 426 g/mol. The van der Waals surface area contributed by atoms with Gasteiger partial charge in [-0.3, -0.25) is 4.40 Å². The van der Waals surface area contributed by atoms with E-state index in [9.17, 15) is 0 Å². The molecule has 32 heavy (non-hydrogen) atoms. The van der Waals surface area contributed by atoms with E-state index in [0.29, 0.717) is 5.95 Å². The fraction of sp³-hybridized carbons (Fsp3) is 0.227. The number of nitrogens with zero attached hydrogens (tertiary/aromatic N) is 9. The third-order valence-corrected chi connectivity index (χ3v) is 5.82. The van der Waals surface area contributed by atoms with Crippen molar-refractivity contribution in [2.45, 2.75) is 0 Å². The third kappa shape index (κ3) is 3.40. The number of anilines is 3. The summed E-state index contributed by atoms with van der Waals surface area (Å²) < 4.78 is 3.64. The van der Waals surface area contributed by atoms with E-state index >= 15 is 0 Å². The molecular formula is C22H22N10. The van der Waals surface area contributed by atoms with E-state index in [4.69, 9.17) is 4.98 Å². The molecule has 0 bridgehead atoms. The summed E-state index contributed by atoms with van der Waals surface area (Å²) in [5.41, 5.74) is 4.56. The molecule has 1 saturated heterocycles. The molecule has 0 spiro atoms. The number of rotatable bonds is 4. The lowest BCUT2D eigenvalue weighted by Crippen LogP contribution is -2.44. The summed E-state index contributed by atoms with van der Waals surface area (Å²) in [6.45, 7) is 4.28. The van der Waals surface area contributed by atoms with Crippen LogP contribution in [0.2, 0.25) is 0 Å². The van der Waals surface area contributed by atoms with Crippen LogP contribution in [0.4, 0.5) is 17.3 Å². The quantitative estimate of drug-likeness (QED) is 0.468. The maximum absolute atomic E-state index is 4.72. The molecule has 10 heteroatoms. The summed E-state index contributed by atoms with van der Waals surface area (Å²) in [5, 5.41) is 16.6. The molecule has 0 amide bonds. The van der Waals surface area contributed by atoms with Gasteiger partial charge in [-0.05, 0) is 43.4 Å². The number of pyridine rings is 1. The van der Waals surface area contributed by atoms with Crippen molar-refractivity contribution in [3.05, 3.63) is 61.3 Å². The lowest BCUT2D eigenvalue weighted by Gasteiger charge is -2.34. The Morgan fingerprint density at radius 1 is 0.906 bits per heavy atom. The second-order valence-corrected chi connectivity index (χ2v) is 7.97. The average Bonchev–Trinajstić information content (AvgIpc) is 3.46. The van der Waals surface area contributed by atoms with Crippen LogP contribution in [0.3, 0.4) is 0 Å². The predicted octanol–water partition coefficient (Wildman–Crippen LogP) is 2.35. The van der Waals surface area contributed by atoms with Gasteiger partial charge in [0.1, 0.15) is 6.33 Å². The normalized spacial score (nSPS) is 15.0. The Bertz CT molecular complexity index is 1380. The van der Waals surface area contributed by atoms with Crippen LogP contribution < -0.4 is 10.2 Å². The van der Waals surface area contributed by atoms with Crippen molar-refractivity contribution >= 4 is 34.0 Å². The first kappa shape index (κ1) is 18.7. The topological polar surface area (TPSA) is 92.3 Å². The fourth-order valence-electron chi connectivity index (χ4n) is 3.96. The molecule has 0 saturated carbocycles. The molecule has 0 atom stereocenters. The fourth-order valence-corrected chi connectivity index (χ4v) is 3.96. The first-order chi connectivity index (χ1) is 15.7. The summed E-state index contributed by atoms with van der Waals surface area (Å²) in [4.78, 5) is 13.9. The first-order valence-corrected chi connectivity index (χ1v) is 10.5. The Morgan fingerprint density at radius 3 is 2.56 bits per heavy atom. The Morgan fingerprint density at radius 2 is 1.72 bits per heavy atom. The molecule has 1 aromatic carbocycles. The second kappa shape index (κ2) is 7.57. The highest BCUT2D eigenvalue weighted by Gasteiger charge is 2.14. The Hall–Kier alpha value is -4.05. The predicted molar refractivity (Wildman–Crippen MR) is 123 cm³/mol. The molecule has 1 aliphatic heterocycles. The Labute approximate surface area is 184 Å². The van der Waals surface area contributed by atoms with Gasteiger partial charge in [0, 0.05) is 49.9 Å². The Balaban J connectivity index is 1.25. The van der Waals surface area contributed by atoms with Crippen LogP contribution in [0.5, 0.6) is 0 Å². The molecule has 0 unspecified atom stereocenters. The summed E-state index contributed by atoms with van der Waals surface area (Å²) >= 11 is 0. The van der Waals surface area contributed by atoms with Crippen molar-refractivity contribution in [2.75, 3.05) is 43.4 Å². The van der Waals surface area contributed by atoms with Gasteiger partial charge in [0.2, 0.25) is 5.95 Å². The van der Waals surface area contributed by atoms with E-state index in [-0.39, 0.29) is 0 Å². The smallest absolute Gasteiger partial charge is 0.229 e. The molecule has 5 heterocycles. The minimum absolute atomic E-state index is 0.525. The highest BCUT2D eigenvalue weighted by atomic mass is 15.3. The SMILES string of the molecule is CN1CCN(c2ccc(Nc3ncc4cnn(-c5ccc6nncn6c5)c4n3)cc2)CC1. The van der Waals surface area contributed by atoms with Gasteiger partial charge in [0.15, 0.2) is 11.3 Å². The van der Waals surface area contributed by atoms with Gasteiger partial charge in [-0.25, -0.2) is 9.67 Å². The third-order valence-electron chi connectivity index (χ3n) is 5.82. The lowest BCUT2D eigenvalue weighted by molar-refractivity contribution is 0.313. The first-order valence-electron chi connectivity index (χ1n) is 10.5. The molecule has 1 aliphatic rings. The highest BCUT2D eigenvalue weighted by Crippen LogP contribution is 2.22. The number of aromatic nitrogens is 7.